The van der Waals surface area contributed by atoms with Crippen molar-refractivity contribution in [1.29, 1.82) is 0 Å². The number of ether oxygens (including phenoxy) is 1. The molecule has 2 rings (SSSR count). The van der Waals surface area contributed by atoms with Gasteiger partial charge in [-0.1, -0.05) is 13.8 Å². The Bertz CT molecular complexity index is 433. The number of thiazole rings is 1. The zero-order valence-corrected chi connectivity index (χ0v) is 10.3. The summed E-state index contributed by atoms with van der Waals surface area (Å²) in [6, 6.07) is 0. The van der Waals surface area contributed by atoms with Crippen LogP contribution in [-0.4, -0.2) is 27.7 Å². The predicted octanol–water partition coefficient (Wildman–Crippen LogP) is 1.93. The maximum absolute atomic E-state index is 9.07. The molecule has 0 fully saturated rings. The van der Waals surface area contributed by atoms with Crippen LogP contribution in [0.2, 0.25) is 0 Å². The van der Waals surface area contributed by atoms with Crippen molar-refractivity contribution < 1.29 is 9.84 Å². The van der Waals surface area contributed by atoms with Crippen LogP contribution in [0.1, 0.15) is 19.5 Å². The summed E-state index contributed by atoms with van der Waals surface area (Å²) in [7, 11) is 0. The van der Waals surface area contributed by atoms with Gasteiger partial charge in [-0.15, -0.1) is 11.3 Å². The Morgan fingerprint density at radius 2 is 2.38 bits per heavy atom. The largest absolute Gasteiger partial charge is 0.396 e. The quantitative estimate of drug-likeness (QED) is 0.868. The summed E-state index contributed by atoms with van der Waals surface area (Å²) in [5, 5.41) is 11.1. The van der Waals surface area contributed by atoms with Crippen LogP contribution in [0.25, 0.3) is 4.96 Å². The third-order valence-corrected chi connectivity index (χ3v) is 3.08. The minimum atomic E-state index is -0.183. The van der Waals surface area contributed by atoms with Gasteiger partial charge < -0.3 is 9.84 Å². The first kappa shape index (κ1) is 11.6. The Morgan fingerprint density at radius 1 is 1.56 bits per heavy atom. The van der Waals surface area contributed by atoms with Crippen molar-refractivity contribution in [2.24, 2.45) is 5.41 Å². The number of rotatable bonds is 5. The number of aromatic nitrogens is 2. The van der Waals surface area contributed by atoms with Crippen LogP contribution in [0.15, 0.2) is 17.8 Å². The SMILES string of the molecule is CC(C)(CO)COCc1cn2ccsc2n1. The molecule has 1 N–H and O–H groups in total. The van der Waals surface area contributed by atoms with Gasteiger partial charge in [0.15, 0.2) is 4.96 Å². The summed E-state index contributed by atoms with van der Waals surface area (Å²) in [6.45, 7) is 5.11. The van der Waals surface area contributed by atoms with Crippen molar-refractivity contribution in [3.8, 4) is 0 Å². The number of nitrogens with zero attached hydrogens (tertiary/aromatic N) is 2. The van der Waals surface area contributed by atoms with E-state index in [0.29, 0.717) is 13.2 Å². The van der Waals surface area contributed by atoms with E-state index in [2.05, 4.69) is 4.98 Å². The third kappa shape index (κ3) is 2.61. The van der Waals surface area contributed by atoms with E-state index in [0.717, 1.165) is 10.7 Å². The maximum atomic E-state index is 9.07. The smallest absolute Gasteiger partial charge is 0.193 e. The molecule has 16 heavy (non-hydrogen) atoms. The van der Waals surface area contributed by atoms with Crippen molar-refractivity contribution in [2.75, 3.05) is 13.2 Å². The molecule has 0 radical (unpaired) electrons. The van der Waals surface area contributed by atoms with Gasteiger partial charge in [0, 0.05) is 23.2 Å². The fraction of sp³-hybridized carbons (Fsp3) is 0.545. The van der Waals surface area contributed by atoms with E-state index in [4.69, 9.17) is 9.84 Å². The molecule has 0 aliphatic heterocycles. The van der Waals surface area contributed by atoms with E-state index in [9.17, 15) is 0 Å². The van der Waals surface area contributed by atoms with Crippen LogP contribution < -0.4 is 0 Å². The van der Waals surface area contributed by atoms with E-state index in [1.807, 2.05) is 36.0 Å². The molecule has 0 atom stereocenters. The van der Waals surface area contributed by atoms with Gasteiger partial charge in [-0.2, -0.15) is 0 Å². The monoisotopic (exact) mass is 240 g/mol. The van der Waals surface area contributed by atoms with Crippen molar-refractivity contribution >= 4 is 16.3 Å². The minimum absolute atomic E-state index is 0.130. The van der Waals surface area contributed by atoms with Gasteiger partial charge in [-0.25, -0.2) is 4.98 Å². The Kier molecular flexibility index (Phi) is 3.28. The molecule has 0 aliphatic carbocycles. The van der Waals surface area contributed by atoms with Crippen molar-refractivity contribution in [2.45, 2.75) is 20.5 Å². The molecule has 0 unspecified atom stereocenters. The molecule has 0 bridgehead atoms. The number of fused-ring (bicyclic) bond motifs is 1. The molecule has 0 saturated heterocycles. The van der Waals surface area contributed by atoms with Crippen molar-refractivity contribution in [3.05, 3.63) is 23.5 Å². The fourth-order valence-corrected chi connectivity index (χ4v) is 2.04. The summed E-state index contributed by atoms with van der Waals surface area (Å²) in [5.41, 5.74) is 0.748. The van der Waals surface area contributed by atoms with E-state index in [-0.39, 0.29) is 12.0 Å². The second-order valence-electron chi connectivity index (χ2n) is 4.64. The topological polar surface area (TPSA) is 46.8 Å². The van der Waals surface area contributed by atoms with E-state index < -0.39 is 0 Å². The molecule has 0 saturated carbocycles. The molecule has 2 aromatic heterocycles. The van der Waals surface area contributed by atoms with E-state index in [1.165, 1.54) is 0 Å². The molecule has 0 spiro atoms. The fourth-order valence-electron chi connectivity index (χ4n) is 1.32. The zero-order chi connectivity index (χ0) is 11.6. The molecule has 88 valence electrons. The lowest BCUT2D eigenvalue weighted by Crippen LogP contribution is -2.23. The summed E-state index contributed by atoms with van der Waals surface area (Å²) in [5.74, 6) is 0. The van der Waals surface area contributed by atoms with Gasteiger partial charge in [-0.3, -0.25) is 4.40 Å². The first-order valence-electron chi connectivity index (χ1n) is 5.20. The Hall–Kier alpha value is -0.910. The van der Waals surface area contributed by atoms with Crippen LogP contribution in [0.5, 0.6) is 0 Å². The van der Waals surface area contributed by atoms with Crippen molar-refractivity contribution in [3.63, 3.8) is 0 Å². The van der Waals surface area contributed by atoms with Crippen LogP contribution in [0.4, 0.5) is 0 Å². The van der Waals surface area contributed by atoms with Gasteiger partial charge in [0.05, 0.1) is 25.5 Å². The van der Waals surface area contributed by atoms with Gasteiger partial charge in [0.25, 0.3) is 0 Å². The highest BCUT2D eigenvalue weighted by Crippen LogP contribution is 2.16. The molecule has 0 amide bonds. The molecular formula is C11H16N2O2S. The summed E-state index contributed by atoms with van der Waals surface area (Å²) in [4.78, 5) is 5.40. The predicted molar refractivity (Wildman–Crippen MR) is 63.6 cm³/mol. The number of hydrogen-bond acceptors (Lipinski definition) is 4. The van der Waals surface area contributed by atoms with Crippen LogP contribution >= 0.6 is 11.3 Å². The highest BCUT2D eigenvalue weighted by atomic mass is 32.1. The lowest BCUT2D eigenvalue weighted by molar-refractivity contribution is 0.0187. The summed E-state index contributed by atoms with van der Waals surface area (Å²) >= 11 is 1.61. The Labute approximate surface area is 98.5 Å². The normalized spacial score (nSPS) is 12.4. The average molecular weight is 240 g/mol. The van der Waals surface area contributed by atoms with Gasteiger partial charge in [0.1, 0.15) is 0 Å². The lowest BCUT2D eigenvalue weighted by atomic mass is 9.97. The van der Waals surface area contributed by atoms with Crippen LogP contribution in [0.3, 0.4) is 0 Å². The molecular weight excluding hydrogens is 224 g/mol. The minimum Gasteiger partial charge on any atom is -0.396 e. The van der Waals surface area contributed by atoms with E-state index in [1.54, 1.807) is 11.3 Å². The second kappa shape index (κ2) is 4.53. The molecule has 2 heterocycles. The highest BCUT2D eigenvalue weighted by Gasteiger charge is 2.16. The average Bonchev–Trinajstić information content (AvgIpc) is 2.77. The third-order valence-electron chi connectivity index (χ3n) is 2.31. The standard InChI is InChI=1S/C11H16N2O2S/c1-11(2,7-14)8-15-6-9-5-13-3-4-16-10(13)12-9/h3-5,14H,6-8H2,1-2H3. The van der Waals surface area contributed by atoms with Crippen molar-refractivity contribution in [1.82, 2.24) is 9.38 Å². The highest BCUT2D eigenvalue weighted by molar-refractivity contribution is 7.15. The first-order valence-corrected chi connectivity index (χ1v) is 6.08. The molecule has 0 aromatic carbocycles. The molecule has 2 aromatic rings. The Balaban J connectivity index is 1.89. The van der Waals surface area contributed by atoms with Crippen LogP contribution in [0, 0.1) is 5.41 Å². The van der Waals surface area contributed by atoms with Gasteiger partial charge in [0.2, 0.25) is 0 Å². The molecule has 5 heteroatoms. The zero-order valence-electron chi connectivity index (χ0n) is 9.51. The number of hydrogen-bond donors (Lipinski definition) is 1. The summed E-state index contributed by atoms with van der Waals surface area (Å²) in [6.07, 6.45) is 3.95. The van der Waals surface area contributed by atoms with E-state index >= 15 is 0 Å². The molecule has 0 aliphatic rings. The number of aliphatic hydroxyl groups excluding tert-OH is 1. The summed E-state index contributed by atoms with van der Waals surface area (Å²) < 4.78 is 7.53. The number of aliphatic hydroxyl groups is 1. The first-order chi connectivity index (χ1) is 7.61. The van der Waals surface area contributed by atoms with Gasteiger partial charge >= 0.3 is 0 Å². The second-order valence-corrected chi connectivity index (χ2v) is 5.51. The van der Waals surface area contributed by atoms with Gasteiger partial charge in [-0.05, 0) is 0 Å². The number of imidazole rings is 1. The van der Waals surface area contributed by atoms with Crippen LogP contribution in [-0.2, 0) is 11.3 Å². The Morgan fingerprint density at radius 3 is 3.06 bits per heavy atom. The lowest BCUT2D eigenvalue weighted by Gasteiger charge is -2.20. The molecule has 4 nitrogen and oxygen atoms in total. The maximum Gasteiger partial charge on any atom is 0.193 e.